The van der Waals surface area contributed by atoms with Gasteiger partial charge in [0.2, 0.25) is 0 Å². The van der Waals surface area contributed by atoms with Crippen LogP contribution in [0.2, 0.25) is 0 Å². The molecule has 4 heteroatoms. The lowest BCUT2D eigenvalue weighted by atomic mass is 9.98. The van der Waals surface area contributed by atoms with Crippen LogP contribution in [0, 0.1) is 0 Å². The fraction of sp³-hybridized carbons (Fsp3) is 1.00. The molecule has 0 spiro atoms. The Balaban J connectivity index is 3.86. The molecule has 98 valence electrons. The molecular formula is C12H27NO3. The number of ether oxygens (including phenoxy) is 1. The monoisotopic (exact) mass is 233 g/mol. The van der Waals surface area contributed by atoms with Crippen molar-refractivity contribution in [3.05, 3.63) is 0 Å². The molecule has 0 aromatic heterocycles. The molecule has 0 aliphatic carbocycles. The van der Waals surface area contributed by atoms with E-state index < -0.39 is 17.7 Å². The average Bonchev–Trinajstić information content (AvgIpc) is 2.10. The van der Waals surface area contributed by atoms with Crippen LogP contribution in [0.3, 0.4) is 0 Å². The average molecular weight is 233 g/mol. The SMILES string of the molecule is CC(O)C(C)(C)NCC(O)COC(C)(C)C. The van der Waals surface area contributed by atoms with E-state index in [1.54, 1.807) is 6.92 Å². The third-order valence-corrected chi connectivity index (χ3v) is 2.55. The van der Waals surface area contributed by atoms with E-state index in [-0.39, 0.29) is 5.60 Å². The Labute approximate surface area is 99.0 Å². The largest absolute Gasteiger partial charge is 0.392 e. The topological polar surface area (TPSA) is 61.7 Å². The van der Waals surface area contributed by atoms with Crippen molar-refractivity contribution < 1.29 is 14.9 Å². The van der Waals surface area contributed by atoms with Crippen LogP contribution >= 0.6 is 0 Å². The van der Waals surface area contributed by atoms with Crippen LogP contribution in [-0.2, 0) is 4.74 Å². The van der Waals surface area contributed by atoms with Crippen molar-refractivity contribution in [3.63, 3.8) is 0 Å². The van der Waals surface area contributed by atoms with Gasteiger partial charge >= 0.3 is 0 Å². The Morgan fingerprint density at radius 1 is 1.12 bits per heavy atom. The van der Waals surface area contributed by atoms with Crippen LogP contribution in [0.5, 0.6) is 0 Å². The third-order valence-electron chi connectivity index (χ3n) is 2.55. The van der Waals surface area contributed by atoms with Crippen LogP contribution in [0.15, 0.2) is 0 Å². The summed E-state index contributed by atoms with van der Waals surface area (Å²) in [5, 5.41) is 22.3. The minimum absolute atomic E-state index is 0.235. The zero-order valence-corrected chi connectivity index (χ0v) is 11.4. The Bertz CT molecular complexity index is 197. The molecule has 3 N–H and O–H groups in total. The van der Waals surface area contributed by atoms with Crippen molar-refractivity contribution in [1.29, 1.82) is 0 Å². The summed E-state index contributed by atoms with van der Waals surface area (Å²) in [7, 11) is 0. The highest BCUT2D eigenvalue weighted by atomic mass is 16.5. The molecule has 0 aromatic rings. The van der Waals surface area contributed by atoms with Crippen LogP contribution in [0.25, 0.3) is 0 Å². The molecule has 0 aliphatic heterocycles. The van der Waals surface area contributed by atoms with Crippen molar-refractivity contribution in [1.82, 2.24) is 5.32 Å². The molecule has 0 bridgehead atoms. The van der Waals surface area contributed by atoms with Crippen LogP contribution in [0.4, 0.5) is 0 Å². The van der Waals surface area contributed by atoms with Crippen molar-refractivity contribution in [2.24, 2.45) is 0 Å². The summed E-state index contributed by atoms with van der Waals surface area (Å²) in [6.45, 7) is 12.1. The molecule has 0 amide bonds. The number of hydrogen-bond donors (Lipinski definition) is 3. The van der Waals surface area contributed by atoms with Gasteiger partial charge in [-0.05, 0) is 41.5 Å². The fourth-order valence-corrected chi connectivity index (χ4v) is 0.934. The van der Waals surface area contributed by atoms with Gasteiger partial charge in [-0.2, -0.15) is 0 Å². The minimum Gasteiger partial charge on any atom is -0.392 e. The van der Waals surface area contributed by atoms with E-state index in [9.17, 15) is 10.2 Å². The molecule has 0 fully saturated rings. The Hall–Kier alpha value is -0.160. The van der Waals surface area contributed by atoms with E-state index in [0.29, 0.717) is 13.2 Å². The number of β-amino-alcohol motifs (C(OH)–C–C–N with tert-alkyl or cyclic N) is 1. The zero-order chi connectivity index (χ0) is 13.0. The molecule has 0 aromatic carbocycles. The number of hydrogen-bond acceptors (Lipinski definition) is 4. The van der Waals surface area contributed by atoms with E-state index in [1.807, 2.05) is 34.6 Å². The second kappa shape index (κ2) is 5.96. The number of nitrogens with one attached hydrogen (secondary N) is 1. The van der Waals surface area contributed by atoms with Gasteiger partial charge in [0, 0.05) is 12.1 Å². The molecule has 0 saturated heterocycles. The van der Waals surface area contributed by atoms with Gasteiger partial charge < -0.3 is 20.3 Å². The Morgan fingerprint density at radius 2 is 1.62 bits per heavy atom. The van der Waals surface area contributed by atoms with E-state index in [2.05, 4.69) is 5.32 Å². The fourth-order valence-electron chi connectivity index (χ4n) is 0.934. The summed E-state index contributed by atoms with van der Waals surface area (Å²) < 4.78 is 5.46. The summed E-state index contributed by atoms with van der Waals surface area (Å²) in [5.74, 6) is 0. The molecule has 0 saturated carbocycles. The number of aliphatic hydroxyl groups is 2. The summed E-state index contributed by atoms with van der Waals surface area (Å²) in [4.78, 5) is 0. The first-order chi connectivity index (χ1) is 7.04. The normalized spacial score (nSPS) is 17.2. The van der Waals surface area contributed by atoms with Crippen LogP contribution < -0.4 is 5.32 Å². The highest BCUT2D eigenvalue weighted by Gasteiger charge is 2.24. The van der Waals surface area contributed by atoms with E-state index in [1.165, 1.54) is 0 Å². The molecular weight excluding hydrogens is 206 g/mol. The lowest BCUT2D eigenvalue weighted by Gasteiger charge is -2.31. The van der Waals surface area contributed by atoms with Gasteiger partial charge in [0.1, 0.15) is 0 Å². The zero-order valence-electron chi connectivity index (χ0n) is 11.4. The molecule has 0 rings (SSSR count). The predicted molar refractivity (Wildman–Crippen MR) is 65.5 cm³/mol. The summed E-state index contributed by atoms with van der Waals surface area (Å²) in [6, 6.07) is 0. The quantitative estimate of drug-likeness (QED) is 0.638. The lowest BCUT2D eigenvalue weighted by Crippen LogP contribution is -2.51. The molecule has 2 unspecified atom stereocenters. The molecule has 0 radical (unpaired) electrons. The highest BCUT2D eigenvalue weighted by Crippen LogP contribution is 2.09. The summed E-state index contributed by atoms with van der Waals surface area (Å²) >= 11 is 0. The van der Waals surface area contributed by atoms with Gasteiger partial charge in [0.15, 0.2) is 0 Å². The smallest absolute Gasteiger partial charge is 0.0898 e. The van der Waals surface area contributed by atoms with Gasteiger partial charge in [0.05, 0.1) is 24.4 Å². The second-order valence-corrected chi connectivity index (χ2v) is 5.86. The maximum absolute atomic E-state index is 9.69. The van der Waals surface area contributed by atoms with Crippen molar-refractivity contribution in [3.8, 4) is 0 Å². The molecule has 4 nitrogen and oxygen atoms in total. The van der Waals surface area contributed by atoms with Gasteiger partial charge in [-0.1, -0.05) is 0 Å². The first kappa shape index (κ1) is 15.8. The Morgan fingerprint density at radius 3 is 2.00 bits per heavy atom. The molecule has 0 heterocycles. The number of rotatable bonds is 6. The van der Waals surface area contributed by atoms with Crippen molar-refractivity contribution >= 4 is 0 Å². The summed E-state index contributed by atoms with van der Waals surface area (Å²) in [6.07, 6.45) is -1.03. The highest BCUT2D eigenvalue weighted by molar-refractivity contribution is 4.84. The Kier molecular flexibility index (Phi) is 5.90. The molecule has 0 aliphatic rings. The predicted octanol–water partition coefficient (Wildman–Crippen LogP) is 0.911. The lowest BCUT2D eigenvalue weighted by molar-refractivity contribution is -0.0506. The maximum Gasteiger partial charge on any atom is 0.0898 e. The van der Waals surface area contributed by atoms with E-state index >= 15 is 0 Å². The van der Waals surface area contributed by atoms with Crippen LogP contribution in [-0.4, -0.2) is 46.7 Å². The number of aliphatic hydroxyl groups excluding tert-OH is 2. The van der Waals surface area contributed by atoms with Crippen LogP contribution in [0.1, 0.15) is 41.5 Å². The van der Waals surface area contributed by atoms with Gasteiger partial charge in [0.25, 0.3) is 0 Å². The van der Waals surface area contributed by atoms with Gasteiger partial charge in [-0.15, -0.1) is 0 Å². The maximum atomic E-state index is 9.69. The first-order valence-electron chi connectivity index (χ1n) is 5.80. The second-order valence-electron chi connectivity index (χ2n) is 5.86. The standard InChI is InChI=1S/C12H27NO3/c1-9(14)12(5,6)13-7-10(15)8-16-11(2,3)4/h9-10,13-15H,7-8H2,1-6H3. The molecule has 2 atom stereocenters. The third kappa shape index (κ3) is 7.17. The van der Waals surface area contributed by atoms with Crippen molar-refractivity contribution in [2.75, 3.05) is 13.2 Å². The van der Waals surface area contributed by atoms with Gasteiger partial charge in [-0.25, -0.2) is 0 Å². The summed E-state index contributed by atoms with van der Waals surface area (Å²) in [5.41, 5.74) is -0.635. The van der Waals surface area contributed by atoms with E-state index in [4.69, 9.17) is 4.74 Å². The van der Waals surface area contributed by atoms with E-state index in [0.717, 1.165) is 0 Å². The van der Waals surface area contributed by atoms with Crippen molar-refractivity contribution in [2.45, 2.75) is 64.9 Å². The minimum atomic E-state index is -0.558. The van der Waals surface area contributed by atoms with Gasteiger partial charge in [-0.3, -0.25) is 0 Å². The first-order valence-corrected chi connectivity index (χ1v) is 5.80. The molecule has 16 heavy (non-hydrogen) atoms.